The third-order valence-electron chi connectivity index (χ3n) is 2.58. The second-order valence-electron chi connectivity index (χ2n) is 4.54. The monoisotopic (exact) mass is 222 g/mol. The number of amides is 1. The van der Waals surface area contributed by atoms with Gasteiger partial charge in [0.2, 0.25) is 5.91 Å². The molecule has 16 heavy (non-hydrogen) atoms. The maximum absolute atomic E-state index is 11.8. The lowest BCUT2D eigenvalue weighted by Crippen LogP contribution is -2.37. The Balaban J connectivity index is 2.82. The van der Waals surface area contributed by atoms with Crippen molar-refractivity contribution in [3.8, 4) is 5.75 Å². The maximum atomic E-state index is 11.8. The number of aromatic hydroxyl groups is 1. The number of benzene rings is 1. The van der Waals surface area contributed by atoms with Crippen molar-refractivity contribution < 1.29 is 9.90 Å². The Bertz CT molecular complexity index is 400. The van der Waals surface area contributed by atoms with Crippen molar-refractivity contribution in [1.29, 1.82) is 0 Å². The molecule has 0 aliphatic rings. The number of hydrogen-bond acceptors (Lipinski definition) is 3. The van der Waals surface area contributed by atoms with Gasteiger partial charge in [0.05, 0.1) is 5.41 Å². The van der Waals surface area contributed by atoms with Crippen LogP contribution in [0.15, 0.2) is 18.2 Å². The molecule has 88 valence electrons. The molecule has 4 heteroatoms. The predicted octanol–water partition coefficient (Wildman–Crippen LogP) is 1.62. The quantitative estimate of drug-likeness (QED) is 0.680. The van der Waals surface area contributed by atoms with E-state index in [9.17, 15) is 9.90 Å². The fraction of sp³-hybridized carbons (Fsp3) is 0.417. The minimum absolute atomic E-state index is 0.125. The maximum Gasteiger partial charge on any atom is 0.231 e. The van der Waals surface area contributed by atoms with Crippen LogP contribution in [0, 0.1) is 12.3 Å². The lowest BCUT2D eigenvalue weighted by Gasteiger charge is -2.21. The van der Waals surface area contributed by atoms with Crippen LogP contribution in [-0.4, -0.2) is 17.6 Å². The Morgan fingerprint density at radius 3 is 2.62 bits per heavy atom. The van der Waals surface area contributed by atoms with Gasteiger partial charge in [0, 0.05) is 12.2 Å². The number of rotatable bonds is 3. The number of nitrogens with two attached hydrogens (primary N) is 1. The second kappa shape index (κ2) is 4.53. The highest BCUT2D eigenvalue weighted by Gasteiger charge is 2.25. The summed E-state index contributed by atoms with van der Waals surface area (Å²) >= 11 is 0. The first-order valence-electron chi connectivity index (χ1n) is 5.18. The van der Waals surface area contributed by atoms with Gasteiger partial charge in [-0.2, -0.15) is 0 Å². The third kappa shape index (κ3) is 2.73. The summed E-state index contributed by atoms with van der Waals surface area (Å²) in [7, 11) is 0. The number of nitrogens with one attached hydrogen (secondary N) is 1. The highest BCUT2D eigenvalue weighted by atomic mass is 16.3. The fourth-order valence-corrected chi connectivity index (χ4v) is 1.13. The molecule has 0 spiro atoms. The normalized spacial score (nSPS) is 11.2. The molecule has 1 aromatic rings. The zero-order valence-corrected chi connectivity index (χ0v) is 9.87. The number of phenols is 1. The van der Waals surface area contributed by atoms with Gasteiger partial charge in [-0.3, -0.25) is 4.79 Å². The number of anilines is 1. The Labute approximate surface area is 95.5 Å². The molecular weight excluding hydrogens is 204 g/mol. The molecule has 0 fully saturated rings. The SMILES string of the molecule is Cc1cc(NC(=O)C(C)(C)CN)ccc1O. The van der Waals surface area contributed by atoms with Crippen LogP contribution in [0.25, 0.3) is 0 Å². The first kappa shape index (κ1) is 12.5. The van der Waals surface area contributed by atoms with Crippen LogP contribution in [-0.2, 0) is 4.79 Å². The van der Waals surface area contributed by atoms with Crippen molar-refractivity contribution in [2.45, 2.75) is 20.8 Å². The molecule has 0 saturated heterocycles. The van der Waals surface area contributed by atoms with Gasteiger partial charge in [0.1, 0.15) is 5.75 Å². The van der Waals surface area contributed by atoms with Gasteiger partial charge < -0.3 is 16.2 Å². The molecule has 4 N–H and O–H groups in total. The number of aryl methyl sites for hydroxylation is 1. The summed E-state index contributed by atoms with van der Waals surface area (Å²) in [4.78, 5) is 11.8. The van der Waals surface area contributed by atoms with Crippen molar-refractivity contribution in [3.63, 3.8) is 0 Å². The highest BCUT2D eigenvalue weighted by Crippen LogP contribution is 2.22. The molecule has 0 bridgehead atoms. The van der Waals surface area contributed by atoms with Crippen molar-refractivity contribution in [2.24, 2.45) is 11.1 Å². The summed E-state index contributed by atoms with van der Waals surface area (Å²) in [5.41, 5.74) is 6.32. The highest BCUT2D eigenvalue weighted by molar-refractivity contribution is 5.95. The van der Waals surface area contributed by atoms with Gasteiger partial charge in [-0.15, -0.1) is 0 Å². The molecule has 0 aliphatic heterocycles. The standard InChI is InChI=1S/C12H18N2O2/c1-8-6-9(4-5-10(8)15)14-11(16)12(2,3)7-13/h4-6,15H,7,13H2,1-3H3,(H,14,16). The minimum atomic E-state index is -0.591. The van der Waals surface area contributed by atoms with E-state index in [0.717, 1.165) is 5.56 Å². The number of hydrogen-bond donors (Lipinski definition) is 3. The van der Waals surface area contributed by atoms with Crippen LogP contribution in [0.2, 0.25) is 0 Å². The van der Waals surface area contributed by atoms with E-state index in [1.807, 2.05) is 0 Å². The fourth-order valence-electron chi connectivity index (χ4n) is 1.13. The molecule has 4 nitrogen and oxygen atoms in total. The van der Waals surface area contributed by atoms with Gasteiger partial charge in [-0.1, -0.05) is 0 Å². The average Bonchev–Trinajstić information content (AvgIpc) is 2.23. The van der Waals surface area contributed by atoms with Crippen molar-refractivity contribution in [3.05, 3.63) is 23.8 Å². The van der Waals surface area contributed by atoms with Crippen molar-refractivity contribution in [2.75, 3.05) is 11.9 Å². The van der Waals surface area contributed by atoms with E-state index in [4.69, 9.17) is 5.73 Å². The topological polar surface area (TPSA) is 75.4 Å². The summed E-state index contributed by atoms with van der Waals surface area (Å²) in [6.45, 7) is 5.64. The Morgan fingerprint density at radius 1 is 1.50 bits per heavy atom. The summed E-state index contributed by atoms with van der Waals surface area (Å²) in [6, 6.07) is 4.94. The van der Waals surface area contributed by atoms with Crippen LogP contribution >= 0.6 is 0 Å². The molecule has 1 rings (SSSR count). The van der Waals surface area contributed by atoms with E-state index in [0.29, 0.717) is 5.69 Å². The van der Waals surface area contributed by atoms with E-state index in [-0.39, 0.29) is 18.2 Å². The molecule has 0 saturated carbocycles. The number of carbonyl (C=O) groups excluding carboxylic acids is 1. The van der Waals surface area contributed by atoms with Crippen LogP contribution in [0.5, 0.6) is 5.75 Å². The average molecular weight is 222 g/mol. The van der Waals surface area contributed by atoms with E-state index < -0.39 is 5.41 Å². The van der Waals surface area contributed by atoms with E-state index in [1.54, 1.807) is 39.0 Å². The molecule has 0 unspecified atom stereocenters. The van der Waals surface area contributed by atoms with Crippen LogP contribution < -0.4 is 11.1 Å². The summed E-state index contributed by atoms with van der Waals surface area (Å²) in [6.07, 6.45) is 0. The van der Waals surface area contributed by atoms with E-state index in [1.165, 1.54) is 0 Å². The third-order valence-corrected chi connectivity index (χ3v) is 2.58. The first-order chi connectivity index (χ1) is 7.36. The second-order valence-corrected chi connectivity index (χ2v) is 4.54. The van der Waals surface area contributed by atoms with Gasteiger partial charge in [-0.25, -0.2) is 0 Å². The van der Waals surface area contributed by atoms with Crippen molar-refractivity contribution in [1.82, 2.24) is 0 Å². The molecule has 1 amide bonds. The zero-order chi connectivity index (χ0) is 12.3. The number of phenolic OH excluding ortho intramolecular Hbond substituents is 1. The van der Waals surface area contributed by atoms with E-state index >= 15 is 0 Å². The molecule has 0 radical (unpaired) electrons. The largest absolute Gasteiger partial charge is 0.508 e. The summed E-state index contributed by atoms with van der Waals surface area (Å²) < 4.78 is 0. The lowest BCUT2D eigenvalue weighted by molar-refractivity contribution is -0.123. The Kier molecular flexibility index (Phi) is 3.55. The Morgan fingerprint density at radius 2 is 2.12 bits per heavy atom. The summed E-state index contributed by atoms with van der Waals surface area (Å²) in [5.74, 6) is 0.0937. The molecule has 0 atom stereocenters. The van der Waals surface area contributed by atoms with Crippen LogP contribution in [0.1, 0.15) is 19.4 Å². The van der Waals surface area contributed by atoms with Gasteiger partial charge in [0.15, 0.2) is 0 Å². The summed E-state index contributed by atoms with van der Waals surface area (Å²) in [5, 5.41) is 12.1. The minimum Gasteiger partial charge on any atom is -0.508 e. The van der Waals surface area contributed by atoms with Gasteiger partial charge in [-0.05, 0) is 44.5 Å². The molecule has 1 aromatic carbocycles. The number of carbonyl (C=O) groups is 1. The van der Waals surface area contributed by atoms with Gasteiger partial charge in [0.25, 0.3) is 0 Å². The van der Waals surface area contributed by atoms with E-state index in [2.05, 4.69) is 5.32 Å². The predicted molar refractivity (Wildman–Crippen MR) is 64.3 cm³/mol. The Hall–Kier alpha value is -1.55. The molecule has 0 heterocycles. The van der Waals surface area contributed by atoms with Gasteiger partial charge >= 0.3 is 0 Å². The molecular formula is C12H18N2O2. The first-order valence-corrected chi connectivity index (χ1v) is 5.18. The molecule has 0 aliphatic carbocycles. The van der Waals surface area contributed by atoms with Crippen LogP contribution in [0.3, 0.4) is 0 Å². The zero-order valence-electron chi connectivity index (χ0n) is 9.87. The smallest absolute Gasteiger partial charge is 0.231 e. The van der Waals surface area contributed by atoms with Crippen LogP contribution in [0.4, 0.5) is 5.69 Å². The lowest BCUT2D eigenvalue weighted by atomic mass is 9.92. The molecule has 0 aromatic heterocycles. The van der Waals surface area contributed by atoms with Crippen molar-refractivity contribution >= 4 is 11.6 Å².